The van der Waals surface area contributed by atoms with Crippen molar-refractivity contribution in [2.75, 3.05) is 37.7 Å². The van der Waals surface area contributed by atoms with Gasteiger partial charge in [0.05, 0.1) is 12.6 Å². The molecular weight excluding hydrogens is 397 g/mol. The van der Waals surface area contributed by atoms with Crippen molar-refractivity contribution in [1.82, 2.24) is 9.80 Å². The zero-order chi connectivity index (χ0) is 19.7. The fourth-order valence-electron chi connectivity index (χ4n) is 3.84. The van der Waals surface area contributed by atoms with Gasteiger partial charge < -0.3 is 4.90 Å². The van der Waals surface area contributed by atoms with Gasteiger partial charge in [-0.1, -0.05) is 41.4 Å². The molecular formula is C21H21Cl2N3O2. The Bertz CT molecular complexity index is 897. The Morgan fingerprint density at radius 3 is 2.25 bits per heavy atom. The van der Waals surface area contributed by atoms with E-state index in [1.165, 1.54) is 4.90 Å². The standard InChI is InChI=1S/C21H21Cl2N3O2/c22-16-4-1-3-15(11-16)19-13-20(27)26(21(19)28)14-24-7-9-25(10-8-24)18-6-2-5-17(23)12-18/h1-6,11-12,19H,7-10,13-14H2. The number of halogens is 2. The fraction of sp³-hybridized carbons (Fsp3) is 0.333. The van der Waals surface area contributed by atoms with Crippen LogP contribution in [0.2, 0.25) is 10.0 Å². The first-order valence-electron chi connectivity index (χ1n) is 9.34. The number of amides is 2. The fourth-order valence-corrected chi connectivity index (χ4v) is 4.22. The van der Waals surface area contributed by atoms with Crippen molar-refractivity contribution in [3.8, 4) is 0 Å². The van der Waals surface area contributed by atoms with E-state index in [0.717, 1.165) is 42.5 Å². The van der Waals surface area contributed by atoms with E-state index in [-0.39, 0.29) is 18.2 Å². The van der Waals surface area contributed by atoms with Crippen LogP contribution in [0.15, 0.2) is 48.5 Å². The number of hydrogen-bond acceptors (Lipinski definition) is 4. The summed E-state index contributed by atoms with van der Waals surface area (Å²) in [5.41, 5.74) is 1.90. The first-order chi connectivity index (χ1) is 13.5. The Balaban J connectivity index is 1.37. The number of carbonyl (C=O) groups excluding carboxylic acids is 2. The number of nitrogens with zero attached hydrogens (tertiary/aromatic N) is 3. The summed E-state index contributed by atoms with van der Waals surface area (Å²) in [6, 6.07) is 15.0. The molecule has 2 amide bonds. The van der Waals surface area contributed by atoms with Gasteiger partial charge in [-0.2, -0.15) is 0 Å². The third-order valence-electron chi connectivity index (χ3n) is 5.38. The van der Waals surface area contributed by atoms with Crippen LogP contribution in [0, 0.1) is 0 Å². The lowest BCUT2D eigenvalue weighted by atomic mass is 9.98. The number of benzene rings is 2. The minimum absolute atomic E-state index is 0.118. The van der Waals surface area contributed by atoms with E-state index in [2.05, 4.69) is 9.80 Å². The van der Waals surface area contributed by atoms with Crippen molar-refractivity contribution < 1.29 is 9.59 Å². The molecule has 5 nitrogen and oxygen atoms in total. The van der Waals surface area contributed by atoms with Crippen LogP contribution in [0.25, 0.3) is 0 Å². The SMILES string of the molecule is O=C1CC(c2cccc(Cl)c2)C(=O)N1CN1CCN(c2cccc(Cl)c2)CC1. The van der Waals surface area contributed by atoms with Crippen LogP contribution in [0.3, 0.4) is 0 Å². The monoisotopic (exact) mass is 417 g/mol. The van der Waals surface area contributed by atoms with Crippen LogP contribution in [0.4, 0.5) is 5.69 Å². The molecule has 2 saturated heterocycles. The summed E-state index contributed by atoms with van der Waals surface area (Å²) in [6.07, 6.45) is 0.210. The minimum Gasteiger partial charge on any atom is -0.369 e. The predicted octanol–water partition coefficient (Wildman–Crippen LogP) is 3.62. The highest BCUT2D eigenvalue weighted by Crippen LogP contribution is 2.31. The van der Waals surface area contributed by atoms with Crippen molar-refractivity contribution in [2.45, 2.75) is 12.3 Å². The number of likely N-dealkylation sites (tertiary alicyclic amines) is 1. The van der Waals surface area contributed by atoms with Gasteiger partial charge in [-0.25, -0.2) is 0 Å². The first kappa shape index (κ1) is 19.2. The normalized spacial score (nSPS) is 20.9. The van der Waals surface area contributed by atoms with E-state index < -0.39 is 5.92 Å². The van der Waals surface area contributed by atoms with E-state index in [1.54, 1.807) is 12.1 Å². The molecule has 146 valence electrons. The van der Waals surface area contributed by atoms with Crippen LogP contribution < -0.4 is 4.90 Å². The summed E-state index contributed by atoms with van der Waals surface area (Å²) in [7, 11) is 0. The quantitative estimate of drug-likeness (QED) is 0.712. The molecule has 0 N–H and O–H groups in total. The molecule has 2 aromatic rings. The van der Waals surface area contributed by atoms with Crippen molar-refractivity contribution >= 4 is 40.7 Å². The van der Waals surface area contributed by atoms with Crippen molar-refractivity contribution in [1.29, 1.82) is 0 Å². The van der Waals surface area contributed by atoms with Gasteiger partial charge in [0.15, 0.2) is 0 Å². The Morgan fingerprint density at radius 1 is 0.893 bits per heavy atom. The maximum atomic E-state index is 12.8. The van der Waals surface area contributed by atoms with Gasteiger partial charge in [0, 0.05) is 48.3 Å². The number of imide groups is 1. The van der Waals surface area contributed by atoms with Gasteiger partial charge >= 0.3 is 0 Å². The van der Waals surface area contributed by atoms with Crippen LogP contribution >= 0.6 is 23.2 Å². The van der Waals surface area contributed by atoms with E-state index in [1.807, 2.05) is 36.4 Å². The topological polar surface area (TPSA) is 43.9 Å². The summed E-state index contributed by atoms with van der Waals surface area (Å²) in [6.45, 7) is 3.57. The van der Waals surface area contributed by atoms with E-state index in [0.29, 0.717) is 11.7 Å². The zero-order valence-electron chi connectivity index (χ0n) is 15.4. The number of carbonyl (C=O) groups is 2. The molecule has 0 radical (unpaired) electrons. The number of hydrogen-bond donors (Lipinski definition) is 0. The second-order valence-electron chi connectivity index (χ2n) is 7.20. The average molecular weight is 418 g/mol. The molecule has 2 heterocycles. The Morgan fingerprint density at radius 2 is 1.57 bits per heavy atom. The molecule has 2 aliphatic rings. The Hall–Kier alpha value is -2.08. The van der Waals surface area contributed by atoms with Gasteiger partial charge in [0.25, 0.3) is 0 Å². The van der Waals surface area contributed by atoms with Crippen molar-refractivity contribution in [3.63, 3.8) is 0 Å². The van der Waals surface area contributed by atoms with Gasteiger partial charge in [-0.05, 0) is 35.9 Å². The molecule has 2 aliphatic heterocycles. The summed E-state index contributed by atoms with van der Waals surface area (Å²) in [4.78, 5) is 31.1. The molecule has 0 aliphatic carbocycles. The minimum atomic E-state index is -0.432. The average Bonchev–Trinajstić information content (AvgIpc) is 2.97. The van der Waals surface area contributed by atoms with Crippen LogP contribution in [-0.2, 0) is 9.59 Å². The molecule has 0 bridgehead atoms. The Kier molecular flexibility index (Phi) is 5.58. The highest BCUT2D eigenvalue weighted by Gasteiger charge is 2.40. The summed E-state index contributed by atoms with van der Waals surface area (Å²) < 4.78 is 0. The Labute approximate surface area is 174 Å². The largest absolute Gasteiger partial charge is 0.369 e. The molecule has 1 atom stereocenters. The lowest BCUT2D eigenvalue weighted by Gasteiger charge is -2.37. The smallest absolute Gasteiger partial charge is 0.238 e. The number of anilines is 1. The molecule has 1 unspecified atom stereocenters. The second-order valence-corrected chi connectivity index (χ2v) is 8.07. The lowest BCUT2D eigenvalue weighted by Crippen LogP contribution is -2.51. The third kappa shape index (κ3) is 4.02. The summed E-state index contributed by atoms with van der Waals surface area (Å²) in [5, 5.41) is 1.30. The van der Waals surface area contributed by atoms with Crippen LogP contribution in [0.1, 0.15) is 17.9 Å². The molecule has 4 rings (SSSR count). The number of rotatable bonds is 4. The van der Waals surface area contributed by atoms with E-state index in [9.17, 15) is 9.59 Å². The van der Waals surface area contributed by atoms with E-state index in [4.69, 9.17) is 23.2 Å². The van der Waals surface area contributed by atoms with Crippen LogP contribution in [-0.4, -0.2) is 54.5 Å². The van der Waals surface area contributed by atoms with Gasteiger partial charge in [-0.15, -0.1) is 0 Å². The molecule has 0 saturated carbocycles. The highest BCUT2D eigenvalue weighted by atomic mass is 35.5. The van der Waals surface area contributed by atoms with Gasteiger partial charge in [-0.3, -0.25) is 19.4 Å². The molecule has 7 heteroatoms. The molecule has 0 spiro atoms. The summed E-state index contributed by atoms with van der Waals surface area (Å²) >= 11 is 12.1. The molecule has 0 aromatic heterocycles. The predicted molar refractivity (Wildman–Crippen MR) is 111 cm³/mol. The molecule has 2 aromatic carbocycles. The van der Waals surface area contributed by atoms with Crippen molar-refractivity contribution in [3.05, 3.63) is 64.1 Å². The maximum Gasteiger partial charge on any atom is 0.238 e. The molecule has 28 heavy (non-hydrogen) atoms. The second kappa shape index (κ2) is 8.11. The highest BCUT2D eigenvalue weighted by molar-refractivity contribution is 6.31. The first-order valence-corrected chi connectivity index (χ1v) is 10.1. The lowest BCUT2D eigenvalue weighted by molar-refractivity contribution is -0.141. The number of piperazine rings is 1. The third-order valence-corrected chi connectivity index (χ3v) is 5.85. The van der Waals surface area contributed by atoms with Crippen LogP contribution in [0.5, 0.6) is 0 Å². The maximum absolute atomic E-state index is 12.8. The van der Waals surface area contributed by atoms with E-state index >= 15 is 0 Å². The summed E-state index contributed by atoms with van der Waals surface area (Å²) in [5.74, 6) is -0.685. The van der Waals surface area contributed by atoms with Crippen molar-refractivity contribution in [2.24, 2.45) is 0 Å². The zero-order valence-corrected chi connectivity index (χ0v) is 16.9. The van der Waals surface area contributed by atoms with Gasteiger partial charge in [0.1, 0.15) is 0 Å². The van der Waals surface area contributed by atoms with Gasteiger partial charge in [0.2, 0.25) is 11.8 Å². The molecule has 2 fully saturated rings.